The van der Waals surface area contributed by atoms with Crippen LogP contribution in [0, 0.1) is 11.8 Å². The molecule has 0 bridgehead atoms. The van der Waals surface area contributed by atoms with Crippen molar-refractivity contribution in [3.63, 3.8) is 0 Å². The molecule has 0 saturated heterocycles. The fourth-order valence-corrected chi connectivity index (χ4v) is 1.49. The van der Waals surface area contributed by atoms with Crippen molar-refractivity contribution >= 4 is 11.8 Å². The summed E-state index contributed by atoms with van der Waals surface area (Å²) in [7, 11) is 0. The van der Waals surface area contributed by atoms with E-state index in [1.54, 1.807) is 0 Å². The Labute approximate surface area is 90.3 Å². The smallest absolute Gasteiger partial charge is 0.309 e. The number of rotatable bonds is 7. The van der Waals surface area contributed by atoms with Gasteiger partial charge in [0.2, 0.25) is 0 Å². The SMILES string of the molecule is CC(=O)CCC(C(=O)O)C(O)CC(C)C. The molecular formula is C11H20O4. The highest BCUT2D eigenvalue weighted by atomic mass is 16.4. The molecule has 2 unspecified atom stereocenters. The third kappa shape index (κ3) is 6.23. The number of aliphatic carboxylic acids is 1. The normalized spacial score (nSPS) is 15.0. The van der Waals surface area contributed by atoms with Gasteiger partial charge in [0.1, 0.15) is 5.78 Å². The number of ketones is 1. The van der Waals surface area contributed by atoms with E-state index in [2.05, 4.69) is 0 Å². The lowest BCUT2D eigenvalue weighted by Crippen LogP contribution is -2.29. The number of aliphatic hydroxyl groups is 1. The van der Waals surface area contributed by atoms with Crippen LogP contribution in [0.2, 0.25) is 0 Å². The topological polar surface area (TPSA) is 74.6 Å². The minimum absolute atomic E-state index is 0.0435. The maximum absolute atomic E-state index is 10.9. The summed E-state index contributed by atoms with van der Waals surface area (Å²) in [5.41, 5.74) is 0. The van der Waals surface area contributed by atoms with Gasteiger partial charge < -0.3 is 15.0 Å². The third-order valence-electron chi connectivity index (χ3n) is 2.30. The van der Waals surface area contributed by atoms with Crippen molar-refractivity contribution in [2.24, 2.45) is 11.8 Å². The summed E-state index contributed by atoms with van der Waals surface area (Å²) in [4.78, 5) is 21.6. The zero-order chi connectivity index (χ0) is 12.0. The number of aliphatic hydroxyl groups excluding tert-OH is 1. The molecule has 0 aliphatic heterocycles. The molecule has 2 N–H and O–H groups in total. The van der Waals surface area contributed by atoms with E-state index in [1.165, 1.54) is 6.92 Å². The van der Waals surface area contributed by atoms with Crippen molar-refractivity contribution in [3.8, 4) is 0 Å². The lowest BCUT2D eigenvalue weighted by Gasteiger charge is -2.20. The third-order valence-corrected chi connectivity index (χ3v) is 2.30. The number of Topliss-reactive ketones (excluding diaryl/α,β-unsaturated/α-hetero) is 1. The predicted octanol–water partition coefficient (Wildman–Crippen LogP) is 1.46. The second kappa shape index (κ2) is 6.56. The van der Waals surface area contributed by atoms with Gasteiger partial charge in [-0.25, -0.2) is 0 Å². The van der Waals surface area contributed by atoms with Crippen molar-refractivity contribution in [1.82, 2.24) is 0 Å². The van der Waals surface area contributed by atoms with Gasteiger partial charge in [0, 0.05) is 6.42 Å². The van der Waals surface area contributed by atoms with Crippen LogP contribution in [0.3, 0.4) is 0 Å². The largest absolute Gasteiger partial charge is 0.481 e. The summed E-state index contributed by atoms with van der Waals surface area (Å²) in [6.45, 7) is 5.27. The molecule has 0 aliphatic rings. The molecule has 0 rings (SSSR count). The van der Waals surface area contributed by atoms with E-state index in [0.717, 1.165) is 0 Å². The average Bonchev–Trinajstić information content (AvgIpc) is 2.01. The van der Waals surface area contributed by atoms with E-state index in [0.29, 0.717) is 6.42 Å². The van der Waals surface area contributed by atoms with Crippen LogP contribution in [0.15, 0.2) is 0 Å². The van der Waals surface area contributed by atoms with Crippen LogP contribution in [-0.4, -0.2) is 28.1 Å². The molecule has 0 aromatic rings. The summed E-state index contributed by atoms with van der Waals surface area (Å²) < 4.78 is 0. The standard InChI is InChI=1S/C11H20O4/c1-7(2)6-10(13)9(11(14)15)5-4-8(3)12/h7,9-10,13H,4-6H2,1-3H3,(H,14,15). The number of carboxylic acids is 1. The van der Waals surface area contributed by atoms with Crippen molar-refractivity contribution < 1.29 is 19.8 Å². The lowest BCUT2D eigenvalue weighted by molar-refractivity contribution is -0.146. The summed E-state index contributed by atoms with van der Waals surface area (Å²) >= 11 is 0. The molecular weight excluding hydrogens is 196 g/mol. The molecule has 0 spiro atoms. The first-order chi connectivity index (χ1) is 6.84. The molecule has 0 amide bonds. The molecule has 0 heterocycles. The first-order valence-corrected chi connectivity index (χ1v) is 5.25. The number of hydrogen-bond acceptors (Lipinski definition) is 3. The highest BCUT2D eigenvalue weighted by Gasteiger charge is 2.26. The van der Waals surface area contributed by atoms with E-state index in [4.69, 9.17) is 5.11 Å². The van der Waals surface area contributed by atoms with E-state index in [9.17, 15) is 14.7 Å². The minimum Gasteiger partial charge on any atom is -0.481 e. The fourth-order valence-electron chi connectivity index (χ4n) is 1.49. The van der Waals surface area contributed by atoms with Crippen LogP contribution in [0.5, 0.6) is 0 Å². The van der Waals surface area contributed by atoms with Gasteiger partial charge in [-0.15, -0.1) is 0 Å². The van der Waals surface area contributed by atoms with Crippen molar-refractivity contribution in [2.45, 2.75) is 46.1 Å². The van der Waals surface area contributed by atoms with Crippen LogP contribution in [-0.2, 0) is 9.59 Å². The maximum Gasteiger partial charge on any atom is 0.309 e. The van der Waals surface area contributed by atoms with Gasteiger partial charge in [-0.1, -0.05) is 13.8 Å². The van der Waals surface area contributed by atoms with Crippen LogP contribution < -0.4 is 0 Å². The number of carbonyl (C=O) groups excluding carboxylic acids is 1. The minimum atomic E-state index is -1.02. The molecule has 88 valence electrons. The summed E-state index contributed by atoms with van der Waals surface area (Å²) in [6, 6.07) is 0. The van der Waals surface area contributed by atoms with Crippen LogP contribution in [0.1, 0.15) is 40.0 Å². The zero-order valence-corrected chi connectivity index (χ0v) is 9.56. The Balaban J connectivity index is 4.25. The van der Waals surface area contributed by atoms with Gasteiger partial charge in [0.25, 0.3) is 0 Å². The molecule has 0 fully saturated rings. The first kappa shape index (κ1) is 14.1. The molecule has 0 saturated carbocycles. The van der Waals surface area contributed by atoms with Gasteiger partial charge in [-0.3, -0.25) is 4.79 Å². The highest BCUT2D eigenvalue weighted by Crippen LogP contribution is 2.18. The highest BCUT2D eigenvalue weighted by molar-refractivity contribution is 5.77. The van der Waals surface area contributed by atoms with Crippen LogP contribution in [0.25, 0.3) is 0 Å². The first-order valence-electron chi connectivity index (χ1n) is 5.25. The van der Waals surface area contributed by atoms with Crippen LogP contribution in [0.4, 0.5) is 0 Å². The molecule has 4 heteroatoms. The average molecular weight is 216 g/mol. The Hall–Kier alpha value is -0.900. The molecule has 0 aromatic carbocycles. The van der Waals surface area contributed by atoms with Gasteiger partial charge in [-0.05, 0) is 25.7 Å². The summed E-state index contributed by atoms with van der Waals surface area (Å²) in [6.07, 6.45) is 0.0290. The molecule has 15 heavy (non-hydrogen) atoms. The van der Waals surface area contributed by atoms with Gasteiger partial charge in [-0.2, -0.15) is 0 Å². The predicted molar refractivity (Wildman–Crippen MR) is 56.5 cm³/mol. The molecule has 0 aromatic heterocycles. The van der Waals surface area contributed by atoms with Crippen molar-refractivity contribution in [3.05, 3.63) is 0 Å². The molecule has 0 aliphatic carbocycles. The Bertz CT molecular complexity index is 223. The summed E-state index contributed by atoms with van der Waals surface area (Å²) in [5, 5.41) is 18.6. The second-order valence-corrected chi connectivity index (χ2v) is 4.38. The Morgan fingerprint density at radius 1 is 1.27 bits per heavy atom. The van der Waals surface area contributed by atoms with Crippen LogP contribution >= 0.6 is 0 Å². The Morgan fingerprint density at radius 2 is 1.80 bits per heavy atom. The van der Waals surface area contributed by atoms with E-state index in [-0.39, 0.29) is 24.5 Å². The zero-order valence-electron chi connectivity index (χ0n) is 9.56. The van der Waals surface area contributed by atoms with Crippen molar-refractivity contribution in [2.75, 3.05) is 0 Å². The van der Waals surface area contributed by atoms with E-state index >= 15 is 0 Å². The quantitative estimate of drug-likeness (QED) is 0.675. The number of carbonyl (C=O) groups is 2. The lowest BCUT2D eigenvalue weighted by atomic mass is 9.90. The second-order valence-electron chi connectivity index (χ2n) is 4.38. The molecule has 2 atom stereocenters. The number of hydrogen-bond donors (Lipinski definition) is 2. The monoisotopic (exact) mass is 216 g/mol. The van der Waals surface area contributed by atoms with Gasteiger partial charge in [0.05, 0.1) is 12.0 Å². The van der Waals surface area contributed by atoms with Crippen molar-refractivity contribution in [1.29, 1.82) is 0 Å². The van der Waals surface area contributed by atoms with E-state index < -0.39 is 18.0 Å². The molecule has 4 nitrogen and oxygen atoms in total. The maximum atomic E-state index is 10.9. The fraction of sp³-hybridized carbons (Fsp3) is 0.818. The Morgan fingerprint density at radius 3 is 2.13 bits per heavy atom. The Kier molecular flexibility index (Phi) is 6.17. The van der Waals surface area contributed by atoms with E-state index in [1.807, 2.05) is 13.8 Å². The number of carboxylic acid groups (broad SMARTS) is 1. The molecule has 0 radical (unpaired) electrons. The van der Waals surface area contributed by atoms with Gasteiger partial charge >= 0.3 is 5.97 Å². The summed E-state index contributed by atoms with van der Waals surface area (Å²) in [5.74, 6) is -1.64. The van der Waals surface area contributed by atoms with Gasteiger partial charge in [0.15, 0.2) is 0 Å².